The summed E-state index contributed by atoms with van der Waals surface area (Å²) in [7, 11) is 0. The van der Waals surface area contributed by atoms with Crippen molar-refractivity contribution < 1.29 is 15.0 Å². The molecule has 0 aliphatic heterocycles. The van der Waals surface area contributed by atoms with Crippen LogP contribution in [0.1, 0.15) is 40.0 Å². The highest BCUT2D eigenvalue weighted by atomic mass is 16.4. The van der Waals surface area contributed by atoms with E-state index in [4.69, 9.17) is 10.4 Å². The van der Waals surface area contributed by atoms with Crippen molar-refractivity contribution in [2.24, 2.45) is 5.41 Å². The minimum absolute atomic E-state index is 0.151. The van der Waals surface area contributed by atoms with Crippen LogP contribution in [0.15, 0.2) is 11.1 Å². The highest BCUT2D eigenvalue weighted by molar-refractivity contribution is 5.87. The number of hydrogen-bond donors (Lipinski definition) is 2. The molecule has 4 heteroatoms. The Bertz CT molecular complexity index is 493. The van der Waals surface area contributed by atoms with Crippen LogP contribution >= 0.6 is 0 Å². The molecular formula is C14H17NO3. The second-order valence-electron chi connectivity index (χ2n) is 4.92. The van der Waals surface area contributed by atoms with Crippen LogP contribution in [0.4, 0.5) is 0 Å². The number of nitrogens with zero attached hydrogens (tertiary/aromatic N) is 1. The Morgan fingerprint density at radius 1 is 1.39 bits per heavy atom. The van der Waals surface area contributed by atoms with Crippen molar-refractivity contribution >= 4 is 5.97 Å². The lowest BCUT2D eigenvalue weighted by Gasteiger charge is -2.43. The number of allylic oxidation sites excluding steroid dienone is 1. The fourth-order valence-corrected chi connectivity index (χ4v) is 1.83. The monoisotopic (exact) mass is 247 g/mol. The molecule has 0 spiro atoms. The van der Waals surface area contributed by atoms with Gasteiger partial charge < -0.3 is 10.2 Å². The summed E-state index contributed by atoms with van der Waals surface area (Å²) in [5.41, 5.74) is -1.66. The molecule has 0 aromatic carbocycles. The summed E-state index contributed by atoms with van der Waals surface area (Å²) in [6.07, 6.45) is 2.17. The Morgan fingerprint density at radius 3 is 2.28 bits per heavy atom. The maximum absolute atomic E-state index is 10.7. The number of rotatable bonds is 2. The average molecular weight is 247 g/mol. The van der Waals surface area contributed by atoms with Crippen LogP contribution in [0.3, 0.4) is 0 Å². The predicted molar refractivity (Wildman–Crippen MR) is 66.3 cm³/mol. The Hall–Kier alpha value is -1.78. The molecule has 2 N–H and O–H groups in total. The van der Waals surface area contributed by atoms with Gasteiger partial charge in [0.2, 0.25) is 0 Å². The third-order valence-corrected chi connectivity index (χ3v) is 3.73. The smallest absolute Gasteiger partial charge is 0.332 e. The number of carboxylic acids is 1. The first kappa shape index (κ1) is 14.3. The van der Waals surface area contributed by atoms with Crippen molar-refractivity contribution in [2.75, 3.05) is 0 Å². The number of nitriles is 1. The second kappa shape index (κ2) is 4.84. The van der Waals surface area contributed by atoms with Crippen molar-refractivity contribution in [3.63, 3.8) is 0 Å². The summed E-state index contributed by atoms with van der Waals surface area (Å²) < 4.78 is 0. The molecule has 0 heterocycles. The van der Waals surface area contributed by atoms with Gasteiger partial charge in [-0.15, -0.1) is 0 Å². The van der Waals surface area contributed by atoms with Gasteiger partial charge in [0.05, 0.1) is 11.5 Å². The molecule has 18 heavy (non-hydrogen) atoms. The molecule has 0 radical (unpaired) electrons. The number of aliphatic hydroxyl groups is 1. The Kier molecular flexibility index (Phi) is 3.84. The maximum Gasteiger partial charge on any atom is 0.332 e. The van der Waals surface area contributed by atoms with E-state index in [-0.39, 0.29) is 5.57 Å². The van der Waals surface area contributed by atoms with Crippen molar-refractivity contribution in [1.82, 2.24) is 0 Å². The molecule has 1 rings (SSSR count). The third-order valence-electron chi connectivity index (χ3n) is 3.73. The van der Waals surface area contributed by atoms with E-state index in [0.717, 1.165) is 6.42 Å². The average Bonchev–Trinajstić information content (AvgIpc) is 2.23. The van der Waals surface area contributed by atoms with Crippen LogP contribution in [0.5, 0.6) is 0 Å². The number of carbonyl (C=O) groups is 1. The van der Waals surface area contributed by atoms with Gasteiger partial charge in [-0.3, -0.25) is 0 Å². The van der Waals surface area contributed by atoms with E-state index in [2.05, 4.69) is 17.9 Å². The summed E-state index contributed by atoms with van der Waals surface area (Å²) in [5.74, 6) is 4.28. The first-order valence-electron chi connectivity index (χ1n) is 5.83. The van der Waals surface area contributed by atoms with Crippen molar-refractivity contribution in [3.05, 3.63) is 11.1 Å². The summed E-state index contributed by atoms with van der Waals surface area (Å²) in [6, 6.07) is 2.15. The van der Waals surface area contributed by atoms with Gasteiger partial charge in [0.15, 0.2) is 0 Å². The van der Waals surface area contributed by atoms with Gasteiger partial charge in [0, 0.05) is 11.1 Å². The molecule has 0 amide bonds. The van der Waals surface area contributed by atoms with Crippen LogP contribution in [-0.2, 0) is 4.79 Å². The molecule has 96 valence electrons. The lowest BCUT2D eigenvalue weighted by molar-refractivity contribution is -0.132. The molecule has 1 fully saturated rings. The van der Waals surface area contributed by atoms with E-state index in [0.29, 0.717) is 18.4 Å². The van der Waals surface area contributed by atoms with Crippen LogP contribution in [0, 0.1) is 28.6 Å². The highest BCUT2D eigenvalue weighted by Crippen LogP contribution is 2.48. The maximum atomic E-state index is 10.7. The Morgan fingerprint density at radius 2 is 1.94 bits per heavy atom. The number of hydrogen-bond acceptors (Lipinski definition) is 3. The molecule has 1 saturated carbocycles. The zero-order valence-electron chi connectivity index (χ0n) is 10.9. The lowest BCUT2D eigenvalue weighted by Crippen LogP contribution is -2.48. The minimum atomic E-state index is -1.40. The predicted octanol–water partition coefficient (Wildman–Crippen LogP) is 1.86. The van der Waals surface area contributed by atoms with E-state index < -0.39 is 17.0 Å². The standard InChI is InChI=1S/C14H17NO3/c1-10(11(2)12(16)17)5-8-13(3,18)14(9-15)6-4-7-14/h18H,4,6-7H2,1-3H3,(H,16,17)/b11-10-/t13-/m0/s1. The van der Waals surface area contributed by atoms with Gasteiger partial charge in [-0.25, -0.2) is 4.79 Å². The van der Waals surface area contributed by atoms with Gasteiger partial charge in [0.25, 0.3) is 0 Å². The van der Waals surface area contributed by atoms with Crippen LogP contribution in [-0.4, -0.2) is 21.8 Å². The fourth-order valence-electron chi connectivity index (χ4n) is 1.83. The minimum Gasteiger partial charge on any atom is -0.478 e. The largest absolute Gasteiger partial charge is 0.478 e. The lowest BCUT2D eigenvalue weighted by atomic mass is 9.60. The topological polar surface area (TPSA) is 81.3 Å². The zero-order valence-corrected chi connectivity index (χ0v) is 10.9. The van der Waals surface area contributed by atoms with Crippen LogP contribution < -0.4 is 0 Å². The van der Waals surface area contributed by atoms with E-state index in [1.807, 2.05) is 0 Å². The van der Waals surface area contributed by atoms with E-state index >= 15 is 0 Å². The van der Waals surface area contributed by atoms with Gasteiger partial charge in [0.1, 0.15) is 5.60 Å². The molecule has 0 saturated heterocycles. The molecule has 0 aromatic heterocycles. The molecule has 1 atom stereocenters. The highest BCUT2D eigenvalue weighted by Gasteiger charge is 2.51. The number of aliphatic carboxylic acids is 1. The Balaban J connectivity index is 3.02. The molecule has 1 aliphatic carbocycles. The molecular weight excluding hydrogens is 230 g/mol. The van der Waals surface area contributed by atoms with Crippen LogP contribution in [0.2, 0.25) is 0 Å². The van der Waals surface area contributed by atoms with Gasteiger partial charge in [-0.2, -0.15) is 5.26 Å². The van der Waals surface area contributed by atoms with Gasteiger partial charge in [-0.1, -0.05) is 11.8 Å². The molecule has 1 aliphatic rings. The van der Waals surface area contributed by atoms with Gasteiger partial charge >= 0.3 is 5.97 Å². The van der Waals surface area contributed by atoms with Crippen molar-refractivity contribution in [1.29, 1.82) is 5.26 Å². The van der Waals surface area contributed by atoms with Crippen molar-refractivity contribution in [2.45, 2.75) is 45.6 Å². The summed E-state index contributed by atoms with van der Waals surface area (Å²) in [4.78, 5) is 10.7. The zero-order chi connectivity index (χ0) is 14.0. The molecule has 0 bridgehead atoms. The molecule has 0 aromatic rings. The SMILES string of the molecule is C/C(C#C[C@](C)(O)C1(C#N)CCC1)=C(\C)C(=O)O. The summed E-state index contributed by atoms with van der Waals surface area (Å²) in [5, 5.41) is 28.2. The summed E-state index contributed by atoms with van der Waals surface area (Å²) in [6.45, 7) is 4.57. The van der Waals surface area contributed by atoms with Crippen LogP contribution in [0.25, 0.3) is 0 Å². The van der Waals surface area contributed by atoms with Crippen molar-refractivity contribution in [3.8, 4) is 17.9 Å². The molecule has 0 unspecified atom stereocenters. The van der Waals surface area contributed by atoms with E-state index in [9.17, 15) is 9.90 Å². The third kappa shape index (κ3) is 2.39. The molecule has 4 nitrogen and oxygen atoms in total. The number of carboxylic acid groups (broad SMARTS) is 1. The van der Waals surface area contributed by atoms with Gasteiger partial charge in [-0.05, 0) is 40.0 Å². The van der Waals surface area contributed by atoms with E-state index in [1.165, 1.54) is 13.8 Å². The first-order chi connectivity index (χ1) is 8.26. The normalized spacial score (nSPS) is 21.3. The summed E-state index contributed by atoms with van der Waals surface area (Å²) >= 11 is 0. The second-order valence-corrected chi connectivity index (χ2v) is 4.92. The quantitative estimate of drug-likeness (QED) is 0.576. The Labute approximate surface area is 107 Å². The van der Waals surface area contributed by atoms with E-state index in [1.54, 1.807) is 6.92 Å². The first-order valence-corrected chi connectivity index (χ1v) is 5.83. The fraction of sp³-hybridized carbons (Fsp3) is 0.571.